The molecule has 1 aliphatic heterocycles. The van der Waals surface area contributed by atoms with E-state index >= 15 is 0 Å². The lowest BCUT2D eigenvalue weighted by atomic mass is 10.1. The van der Waals surface area contributed by atoms with Crippen LogP contribution < -0.4 is 14.8 Å². The van der Waals surface area contributed by atoms with Crippen LogP contribution in [0.15, 0.2) is 42.6 Å². The quantitative estimate of drug-likeness (QED) is 0.521. The van der Waals surface area contributed by atoms with Crippen molar-refractivity contribution in [3.05, 3.63) is 58.9 Å². The number of hydrogen-bond acceptors (Lipinski definition) is 4. The molecule has 0 radical (unpaired) electrons. The number of ether oxygens (including phenoxy) is 2. The molecule has 0 fully saturated rings. The molecular weight excluding hydrogens is 414 g/mol. The molecule has 0 bridgehead atoms. The van der Waals surface area contributed by atoms with Crippen LogP contribution in [0, 0.1) is 0 Å². The zero-order valence-electron chi connectivity index (χ0n) is 17.8. The van der Waals surface area contributed by atoms with Crippen molar-refractivity contribution in [2.24, 2.45) is 0 Å². The van der Waals surface area contributed by atoms with Gasteiger partial charge in [-0.2, -0.15) is 0 Å². The van der Waals surface area contributed by atoms with E-state index in [0.717, 1.165) is 30.8 Å². The van der Waals surface area contributed by atoms with Gasteiger partial charge in [0.05, 0.1) is 18.7 Å². The Morgan fingerprint density at radius 1 is 1.23 bits per heavy atom. The Balaban J connectivity index is 1.50. The molecule has 31 heavy (non-hydrogen) atoms. The van der Waals surface area contributed by atoms with Crippen molar-refractivity contribution in [2.75, 3.05) is 19.0 Å². The van der Waals surface area contributed by atoms with E-state index in [1.54, 1.807) is 12.1 Å². The highest BCUT2D eigenvalue weighted by Crippen LogP contribution is 2.36. The summed E-state index contributed by atoms with van der Waals surface area (Å²) < 4.78 is 13.3. The number of methoxy groups -OCH3 is 1. The number of aromatic nitrogens is 2. The monoisotopic (exact) mass is 439 g/mol. The second-order valence-corrected chi connectivity index (χ2v) is 7.96. The van der Waals surface area contributed by atoms with Crippen LogP contribution in [-0.2, 0) is 13.0 Å². The van der Waals surface area contributed by atoms with Gasteiger partial charge >= 0.3 is 0 Å². The molecule has 1 N–H and O–H groups in total. The number of fused-ring (bicyclic) bond motifs is 1. The summed E-state index contributed by atoms with van der Waals surface area (Å²) in [6.45, 7) is 3.53. The van der Waals surface area contributed by atoms with Gasteiger partial charge in [0.25, 0.3) is 5.91 Å². The number of halogens is 1. The van der Waals surface area contributed by atoms with Crippen molar-refractivity contribution in [1.82, 2.24) is 9.55 Å². The van der Waals surface area contributed by atoms with Crippen LogP contribution in [0.4, 0.5) is 5.69 Å². The van der Waals surface area contributed by atoms with Crippen LogP contribution in [0.2, 0.25) is 5.02 Å². The largest absolute Gasteiger partial charge is 0.493 e. The fourth-order valence-electron chi connectivity index (χ4n) is 3.77. The number of benzene rings is 2. The van der Waals surface area contributed by atoms with Crippen molar-refractivity contribution < 1.29 is 14.3 Å². The number of nitrogens with zero attached hydrogens (tertiary/aromatic N) is 2. The number of carbonyl (C=O) groups is 1. The topological polar surface area (TPSA) is 65.4 Å². The molecule has 1 aliphatic rings. The molecule has 6 nitrogen and oxygen atoms in total. The molecule has 1 amide bonds. The van der Waals surface area contributed by atoms with E-state index in [2.05, 4.69) is 14.9 Å². The first-order valence-electron chi connectivity index (χ1n) is 10.6. The smallest absolute Gasteiger partial charge is 0.255 e. The van der Waals surface area contributed by atoms with E-state index in [-0.39, 0.29) is 5.91 Å². The fraction of sp³-hybridized carbons (Fsp3) is 0.333. The Bertz CT molecular complexity index is 1080. The maximum Gasteiger partial charge on any atom is 0.255 e. The van der Waals surface area contributed by atoms with Crippen LogP contribution in [-0.4, -0.2) is 29.2 Å². The average Bonchev–Trinajstić information content (AvgIpc) is 3.22. The van der Waals surface area contributed by atoms with Crippen molar-refractivity contribution in [2.45, 2.75) is 39.2 Å². The van der Waals surface area contributed by atoms with Gasteiger partial charge < -0.3 is 19.4 Å². The summed E-state index contributed by atoms with van der Waals surface area (Å²) in [5.41, 5.74) is 3.42. The minimum Gasteiger partial charge on any atom is -0.493 e. The third kappa shape index (κ3) is 4.54. The highest BCUT2D eigenvalue weighted by Gasteiger charge is 2.17. The van der Waals surface area contributed by atoms with E-state index in [9.17, 15) is 4.79 Å². The van der Waals surface area contributed by atoms with Crippen molar-refractivity contribution >= 4 is 23.2 Å². The summed E-state index contributed by atoms with van der Waals surface area (Å²) in [7, 11) is 1.53. The number of rotatable bonds is 7. The van der Waals surface area contributed by atoms with Gasteiger partial charge in [-0.25, -0.2) is 4.98 Å². The predicted octanol–water partition coefficient (Wildman–Crippen LogP) is 5.59. The minimum atomic E-state index is -0.270. The molecule has 0 atom stereocenters. The summed E-state index contributed by atoms with van der Waals surface area (Å²) >= 11 is 6.34. The molecule has 0 spiro atoms. The summed E-state index contributed by atoms with van der Waals surface area (Å²) in [5.74, 6) is 1.60. The molecule has 162 valence electrons. The van der Waals surface area contributed by atoms with E-state index in [0.29, 0.717) is 34.4 Å². The van der Waals surface area contributed by atoms with E-state index in [4.69, 9.17) is 21.1 Å². The Morgan fingerprint density at radius 2 is 2.03 bits per heavy atom. The zero-order valence-corrected chi connectivity index (χ0v) is 18.5. The highest BCUT2D eigenvalue weighted by atomic mass is 35.5. The van der Waals surface area contributed by atoms with Gasteiger partial charge in [0.15, 0.2) is 11.5 Å². The lowest BCUT2D eigenvalue weighted by Gasteiger charge is -2.16. The third-order valence-corrected chi connectivity index (χ3v) is 5.63. The molecule has 0 saturated heterocycles. The Kier molecular flexibility index (Phi) is 6.47. The van der Waals surface area contributed by atoms with Gasteiger partial charge in [0.2, 0.25) is 0 Å². The molecule has 0 aliphatic carbocycles. The standard InChI is InChI=1S/C24H26ClN3O3/c1-3-12-31-22-20(25)13-17(14-21(22)30-2)24(29)27-18-9-7-16(8-10-18)23-26-15-19-6-4-5-11-28(19)23/h7-10,13-15H,3-6,11-12H2,1-2H3,(H,27,29). The number of aryl methyl sites for hydroxylation is 1. The third-order valence-electron chi connectivity index (χ3n) is 5.35. The van der Waals surface area contributed by atoms with Crippen LogP contribution in [0.3, 0.4) is 0 Å². The minimum absolute atomic E-state index is 0.270. The Labute approximate surface area is 187 Å². The summed E-state index contributed by atoms with van der Waals surface area (Å²) in [6.07, 6.45) is 6.29. The molecule has 2 aromatic carbocycles. The van der Waals surface area contributed by atoms with Gasteiger partial charge in [-0.3, -0.25) is 4.79 Å². The Hall–Kier alpha value is -2.99. The summed E-state index contributed by atoms with van der Waals surface area (Å²) in [4.78, 5) is 17.4. The van der Waals surface area contributed by atoms with Crippen LogP contribution in [0.25, 0.3) is 11.4 Å². The predicted molar refractivity (Wildman–Crippen MR) is 122 cm³/mol. The first kappa shape index (κ1) is 21.2. The number of nitrogens with one attached hydrogen (secondary N) is 1. The average molecular weight is 440 g/mol. The highest BCUT2D eigenvalue weighted by molar-refractivity contribution is 6.32. The van der Waals surface area contributed by atoms with Crippen molar-refractivity contribution in [3.63, 3.8) is 0 Å². The Morgan fingerprint density at radius 3 is 2.77 bits per heavy atom. The summed E-state index contributed by atoms with van der Waals surface area (Å²) in [5, 5.41) is 3.26. The van der Waals surface area contributed by atoms with Gasteiger partial charge in [-0.1, -0.05) is 18.5 Å². The van der Waals surface area contributed by atoms with E-state index in [1.807, 2.05) is 37.4 Å². The van der Waals surface area contributed by atoms with Gasteiger partial charge in [0.1, 0.15) is 5.82 Å². The molecule has 1 aromatic heterocycles. The second kappa shape index (κ2) is 9.43. The fourth-order valence-corrected chi connectivity index (χ4v) is 4.03. The van der Waals surface area contributed by atoms with Gasteiger partial charge in [-0.05, 0) is 62.1 Å². The molecule has 2 heterocycles. The molecule has 0 saturated carbocycles. The number of amides is 1. The molecule has 7 heteroatoms. The van der Waals surface area contributed by atoms with Crippen LogP contribution in [0.5, 0.6) is 11.5 Å². The normalized spacial score (nSPS) is 12.9. The molecule has 0 unspecified atom stereocenters. The maximum absolute atomic E-state index is 12.8. The molecular formula is C24H26ClN3O3. The first-order valence-corrected chi connectivity index (χ1v) is 10.9. The van der Waals surface area contributed by atoms with Crippen molar-refractivity contribution in [3.8, 4) is 22.9 Å². The molecule has 4 rings (SSSR count). The lowest BCUT2D eigenvalue weighted by molar-refractivity contribution is 0.102. The molecule has 3 aromatic rings. The first-order chi connectivity index (χ1) is 15.1. The van der Waals surface area contributed by atoms with Gasteiger partial charge in [-0.15, -0.1) is 0 Å². The second-order valence-electron chi connectivity index (χ2n) is 7.55. The summed E-state index contributed by atoms with van der Waals surface area (Å²) in [6, 6.07) is 11.0. The number of carbonyl (C=O) groups excluding carboxylic acids is 1. The SMILES string of the molecule is CCCOc1c(Cl)cc(C(=O)Nc2ccc(-c3ncc4n3CCCC4)cc2)cc1OC. The van der Waals surface area contributed by atoms with Gasteiger partial charge in [0, 0.05) is 35.2 Å². The van der Waals surface area contributed by atoms with Crippen molar-refractivity contribution in [1.29, 1.82) is 0 Å². The van der Waals surface area contributed by atoms with Crippen LogP contribution >= 0.6 is 11.6 Å². The zero-order chi connectivity index (χ0) is 21.8. The van der Waals surface area contributed by atoms with E-state index < -0.39 is 0 Å². The van der Waals surface area contributed by atoms with Crippen LogP contribution in [0.1, 0.15) is 42.2 Å². The van der Waals surface area contributed by atoms with E-state index in [1.165, 1.54) is 25.6 Å². The number of anilines is 1. The lowest BCUT2D eigenvalue weighted by Crippen LogP contribution is -2.13. The number of imidazole rings is 1. The number of hydrogen-bond donors (Lipinski definition) is 1. The maximum atomic E-state index is 12.8.